The maximum atomic E-state index is 12.9. The molecular weight excluding hydrogens is 392 g/mol. The Bertz CT molecular complexity index is 899. The van der Waals surface area contributed by atoms with Gasteiger partial charge in [-0.15, -0.1) is 0 Å². The second-order valence-electron chi connectivity index (χ2n) is 8.70. The lowest BCUT2D eigenvalue weighted by molar-refractivity contribution is -0.130. The van der Waals surface area contributed by atoms with Gasteiger partial charge in [0.2, 0.25) is 17.7 Å². The van der Waals surface area contributed by atoms with E-state index in [-0.39, 0.29) is 29.6 Å². The molecule has 1 unspecified atom stereocenters. The monoisotopic (exact) mass is 426 g/mol. The molecule has 1 aromatic carbocycles. The van der Waals surface area contributed by atoms with E-state index in [9.17, 15) is 14.4 Å². The van der Waals surface area contributed by atoms with Gasteiger partial charge in [0.1, 0.15) is 6.04 Å². The third-order valence-corrected chi connectivity index (χ3v) is 5.96. The van der Waals surface area contributed by atoms with Gasteiger partial charge < -0.3 is 20.9 Å². The standard InChI is InChI=1S/C24H34N4O3/c1-16(2)22(29)28-21(14-18-15-27-20-11-7-6-10-19(18)20)24(31)26-13-12-25-23(30)17-8-4-3-5-9-17/h6-7,10-11,15-17,21,27H,3-5,8-9,12-14H2,1-2H3,(H,25,30)(H,26,31)(H,28,29). The van der Waals surface area contributed by atoms with Crippen LogP contribution in [0.3, 0.4) is 0 Å². The van der Waals surface area contributed by atoms with Crippen LogP contribution in [0.2, 0.25) is 0 Å². The zero-order valence-corrected chi connectivity index (χ0v) is 18.5. The average molecular weight is 427 g/mol. The van der Waals surface area contributed by atoms with Gasteiger partial charge >= 0.3 is 0 Å². The Kier molecular flexibility index (Phi) is 8.09. The molecule has 0 saturated heterocycles. The third kappa shape index (κ3) is 6.32. The lowest BCUT2D eigenvalue weighted by atomic mass is 9.89. The number of H-pyrrole nitrogens is 1. The maximum absolute atomic E-state index is 12.9. The molecule has 4 N–H and O–H groups in total. The number of benzene rings is 1. The van der Waals surface area contributed by atoms with E-state index >= 15 is 0 Å². The number of carbonyl (C=O) groups is 3. The number of para-hydroxylation sites is 1. The minimum absolute atomic E-state index is 0.0809. The number of aromatic nitrogens is 1. The van der Waals surface area contributed by atoms with Crippen molar-refractivity contribution in [2.45, 2.75) is 58.4 Å². The molecule has 7 heteroatoms. The number of carbonyl (C=O) groups excluding carboxylic acids is 3. The number of aromatic amines is 1. The highest BCUT2D eigenvalue weighted by Gasteiger charge is 2.24. The Labute approximate surface area is 183 Å². The van der Waals surface area contributed by atoms with Crippen molar-refractivity contribution in [2.24, 2.45) is 11.8 Å². The second kappa shape index (κ2) is 11.0. The van der Waals surface area contributed by atoms with E-state index in [1.165, 1.54) is 6.42 Å². The summed E-state index contributed by atoms with van der Waals surface area (Å²) in [5.41, 5.74) is 1.97. The summed E-state index contributed by atoms with van der Waals surface area (Å²) in [4.78, 5) is 40.6. The summed E-state index contributed by atoms with van der Waals surface area (Å²) < 4.78 is 0. The van der Waals surface area contributed by atoms with E-state index in [0.29, 0.717) is 19.5 Å². The molecule has 31 heavy (non-hydrogen) atoms. The second-order valence-corrected chi connectivity index (χ2v) is 8.70. The topological polar surface area (TPSA) is 103 Å². The van der Waals surface area contributed by atoms with Gasteiger partial charge in [-0.1, -0.05) is 51.3 Å². The fourth-order valence-corrected chi connectivity index (χ4v) is 4.07. The van der Waals surface area contributed by atoms with Crippen LogP contribution in [0.4, 0.5) is 0 Å². The van der Waals surface area contributed by atoms with Gasteiger partial charge in [-0.25, -0.2) is 0 Å². The molecule has 1 aliphatic rings. The first kappa shape index (κ1) is 22.8. The molecule has 1 aromatic heterocycles. The minimum Gasteiger partial charge on any atom is -0.361 e. The lowest BCUT2D eigenvalue weighted by Crippen LogP contribution is -2.50. The first-order valence-electron chi connectivity index (χ1n) is 11.4. The number of rotatable bonds is 9. The molecule has 1 heterocycles. The largest absolute Gasteiger partial charge is 0.361 e. The van der Waals surface area contributed by atoms with Gasteiger partial charge in [0.15, 0.2) is 0 Å². The van der Waals surface area contributed by atoms with E-state index in [4.69, 9.17) is 0 Å². The Morgan fingerprint density at radius 1 is 1.00 bits per heavy atom. The molecule has 1 atom stereocenters. The molecule has 1 fully saturated rings. The molecular formula is C24H34N4O3. The zero-order chi connectivity index (χ0) is 22.2. The molecule has 168 valence electrons. The van der Waals surface area contributed by atoms with Gasteiger partial charge in [0, 0.05) is 48.4 Å². The minimum atomic E-state index is -0.678. The van der Waals surface area contributed by atoms with E-state index in [1.54, 1.807) is 13.8 Å². The van der Waals surface area contributed by atoms with Crippen molar-refractivity contribution in [2.75, 3.05) is 13.1 Å². The molecule has 0 spiro atoms. The molecule has 0 aliphatic heterocycles. The van der Waals surface area contributed by atoms with Crippen LogP contribution in [-0.4, -0.2) is 41.8 Å². The molecule has 0 bridgehead atoms. The summed E-state index contributed by atoms with van der Waals surface area (Å²) in [5, 5.41) is 9.71. The van der Waals surface area contributed by atoms with Crippen LogP contribution in [0.1, 0.15) is 51.5 Å². The quantitative estimate of drug-likeness (QED) is 0.464. The van der Waals surface area contributed by atoms with Gasteiger partial charge in [-0.2, -0.15) is 0 Å². The summed E-state index contributed by atoms with van der Waals surface area (Å²) in [5.74, 6) is -0.438. The maximum Gasteiger partial charge on any atom is 0.242 e. The number of hydrogen-bond acceptors (Lipinski definition) is 3. The Morgan fingerprint density at radius 2 is 1.71 bits per heavy atom. The van der Waals surface area contributed by atoms with Gasteiger partial charge in [0.25, 0.3) is 0 Å². The van der Waals surface area contributed by atoms with Crippen LogP contribution in [0.5, 0.6) is 0 Å². The fraction of sp³-hybridized carbons (Fsp3) is 0.542. The Hall–Kier alpha value is -2.83. The van der Waals surface area contributed by atoms with Crippen LogP contribution in [0.15, 0.2) is 30.5 Å². The first-order valence-corrected chi connectivity index (χ1v) is 11.4. The van der Waals surface area contributed by atoms with E-state index in [0.717, 1.165) is 42.1 Å². The lowest BCUT2D eigenvalue weighted by Gasteiger charge is -2.21. The van der Waals surface area contributed by atoms with Crippen molar-refractivity contribution in [3.8, 4) is 0 Å². The van der Waals surface area contributed by atoms with Crippen molar-refractivity contribution in [1.82, 2.24) is 20.9 Å². The zero-order valence-electron chi connectivity index (χ0n) is 18.5. The summed E-state index contributed by atoms with van der Waals surface area (Å²) in [6.07, 6.45) is 7.61. The van der Waals surface area contributed by atoms with Crippen LogP contribution < -0.4 is 16.0 Å². The molecule has 1 saturated carbocycles. The van der Waals surface area contributed by atoms with Crippen molar-refractivity contribution in [3.63, 3.8) is 0 Å². The number of hydrogen-bond donors (Lipinski definition) is 4. The molecule has 7 nitrogen and oxygen atoms in total. The number of nitrogens with one attached hydrogen (secondary N) is 4. The summed E-state index contributed by atoms with van der Waals surface area (Å²) in [6.45, 7) is 4.33. The summed E-state index contributed by atoms with van der Waals surface area (Å²) in [7, 11) is 0. The SMILES string of the molecule is CC(C)C(=O)NC(Cc1c[nH]c2ccccc12)C(=O)NCCNC(=O)C1CCCCC1. The molecule has 2 aromatic rings. The van der Waals surface area contributed by atoms with Gasteiger partial charge in [-0.05, 0) is 24.5 Å². The predicted octanol–water partition coefficient (Wildman–Crippen LogP) is 2.66. The van der Waals surface area contributed by atoms with E-state index < -0.39 is 6.04 Å². The van der Waals surface area contributed by atoms with Crippen molar-refractivity contribution in [3.05, 3.63) is 36.0 Å². The van der Waals surface area contributed by atoms with Crippen molar-refractivity contribution in [1.29, 1.82) is 0 Å². The number of amides is 3. The Balaban J connectivity index is 1.55. The molecule has 3 rings (SSSR count). The fourth-order valence-electron chi connectivity index (χ4n) is 4.07. The van der Waals surface area contributed by atoms with Crippen molar-refractivity contribution >= 4 is 28.6 Å². The van der Waals surface area contributed by atoms with E-state index in [1.807, 2.05) is 30.5 Å². The van der Waals surface area contributed by atoms with Gasteiger partial charge in [0.05, 0.1) is 0 Å². The van der Waals surface area contributed by atoms with Crippen LogP contribution >= 0.6 is 0 Å². The highest BCUT2D eigenvalue weighted by Crippen LogP contribution is 2.23. The molecule has 1 aliphatic carbocycles. The normalized spacial score (nSPS) is 15.6. The van der Waals surface area contributed by atoms with E-state index in [2.05, 4.69) is 20.9 Å². The smallest absolute Gasteiger partial charge is 0.242 e. The molecule has 3 amide bonds. The number of fused-ring (bicyclic) bond motifs is 1. The summed E-state index contributed by atoms with van der Waals surface area (Å²) >= 11 is 0. The van der Waals surface area contributed by atoms with Gasteiger partial charge in [-0.3, -0.25) is 14.4 Å². The van der Waals surface area contributed by atoms with Crippen LogP contribution in [-0.2, 0) is 20.8 Å². The Morgan fingerprint density at radius 3 is 2.45 bits per heavy atom. The predicted molar refractivity (Wildman–Crippen MR) is 121 cm³/mol. The first-order chi connectivity index (χ1) is 15.0. The van der Waals surface area contributed by atoms with Crippen LogP contribution in [0.25, 0.3) is 10.9 Å². The average Bonchev–Trinajstić information content (AvgIpc) is 3.19. The highest BCUT2D eigenvalue weighted by molar-refractivity contribution is 5.90. The van der Waals surface area contributed by atoms with Crippen LogP contribution in [0, 0.1) is 11.8 Å². The molecule has 0 radical (unpaired) electrons. The third-order valence-electron chi connectivity index (χ3n) is 5.96. The highest BCUT2D eigenvalue weighted by atomic mass is 16.2. The summed E-state index contributed by atoms with van der Waals surface area (Å²) in [6, 6.07) is 7.21. The van der Waals surface area contributed by atoms with Crippen molar-refractivity contribution < 1.29 is 14.4 Å².